The molecule has 26 heavy (non-hydrogen) atoms. The summed E-state index contributed by atoms with van der Waals surface area (Å²) >= 11 is 0. The average Bonchev–Trinajstić information content (AvgIpc) is 3.10. The van der Waals surface area contributed by atoms with Gasteiger partial charge < -0.3 is 5.32 Å². The minimum atomic E-state index is -0.547. The Morgan fingerprint density at radius 3 is 1.92 bits per heavy atom. The third kappa shape index (κ3) is 3.23. The van der Waals surface area contributed by atoms with E-state index in [1.807, 2.05) is 60.7 Å². The first kappa shape index (κ1) is 16.5. The van der Waals surface area contributed by atoms with E-state index in [1.54, 1.807) is 0 Å². The van der Waals surface area contributed by atoms with Gasteiger partial charge in [-0.05, 0) is 23.3 Å². The Kier molecular flexibility index (Phi) is 4.48. The molecular weight excluding hydrogens is 330 g/mol. The van der Waals surface area contributed by atoms with Crippen LogP contribution in [0.1, 0.15) is 28.8 Å². The smallest absolute Gasteiger partial charge is 0.129 e. The number of halogens is 2. The lowest BCUT2D eigenvalue weighted by Crippen LogP contribution is -2.26. The van der Waals surface area contributed by atoms with E-state index in [-0.39, 0.29) is 24.1 Å². The van der Waals surface area contributed by atoms with Crippen LogP contribution in [-0.4, -0.2) is 5.84 Å². The lowest BCUT2D eigenvalue weighted by atomic mass is 9.95. The van der Waals surface area contributed by atoms with Crippen LogP contribution in [0.5, 0.6) is 0 Å². The molecule has 0 fully saturated rings. The molecule has 1 aliphatic rings. The highest BCUT2D eigenvalue weighted by Crippen LogP contribution is 2.36. The number of aliphatic imine (C=N–C) groups is 1. The van der Waals surface area contributed by atoms with Crippen LogP contribution in [0.25, 0.3) is 0 Å². The highest BCUT2D eigenvalue weighted by Gasteiger charge is 2.31. The lowest BCUT2D eigenvalue weighted by Gasteiger charge is -2.19. The second kappa shape index (κ2) is 7.08. The van der Waals surface area contributed by atoms with Crippen LogP contribution < -0.4 is 5.32 Å². The fourth-order valence-electron chi connectivity index (χ4n) is 3.35. The zero-order valence-electron chi connectivity index (χ0n) is 14.1. The highest BCUT2D eigenvalue weighted by molar-refractivity contribution is 5.87. The summed E-state index contributed by atoms with van der Waals surface area (Å²) in [6, 6.07) is 23.7. The van der Waals surface area contributed by atoms with Crippen molar-refractivity contribution in [3.8, 4) is 0 Å². The van der Waals surface area contributed by atoms with Gasteiger partial charge in [-0.25, -0.2) is 8.78 Å². The summed E-state index contributed by atoms with van der Waals surface area (Å²) in [6.45, 7) is 0. The second-order valence-electron chi connectivity index (χ2n) is 6.34. The molecule has 0 radical (unpaired) electrons. The Morgan fingerprint density at radius 1 is 0.731 bits per heavy atom. The van der Waals surface area contributed by atoms with Gasteiger partial charge in [0.2, 0.25) is 0 Å². The molecule has 0 aromatic heterocycles. The van der Waals surface area contributed by atoms with E-state index in [2.05, 4.69) is 5.32 Å². The van der Waals surface area contributed by atoms with E-state index in [4.69, 9.17) is 4.99 Å². The van der Waals surface area contributed by atoms with Gasteiger partial charge in [0.25, 0.3) is 0 Å². The maximum absolute atomic E-state index is 14.0. The number of nitrogens with zero attached hydrogens (tertiary/aromatic N) is 1. The SMILES string of the molecule is Fc1cccc(F)c1CC1=N[C@@H](c2ccccc2)[C@@H](c2ccccc2)N1. The Balaban J connectivity index is 1.68. The highest BCUT2D eigenvalue weighted by atomic mass is 19.1. The number of rotatable bonds is 4. The van der Waals surface area contributed by atoms with Gasteiger partial charge in [-0.3, -0.25) is 4.99 Å². The average molecular weight is 348 g/mol. The van der Waals surface area contributed by atoms with Gasteiger partial charge in [0.15, 0.2) is 0 Å². The molecule has 0 saturated heterocycles. The molecule has 1 N–H and O–H groups in total. The molecule has 0 spiro atoms. The summed E-state index contributed by atoms with van der Waals surface area (Å²) in [5.41, 5.74) is 2.20. The summed E-state index contributed by atoms with van der Waals surface area (Å²) in [6.07, 6.45) is 0.102. The number of nitrogens with one attached hydrogen (secondary N) is 1. The van der Waals surface area contributed by atoms with Gasteiger partial charge in [-0.1, -0.05) is 66.7 Å². The van der Waals surface area contributed by atoms with Crippen molar-refractivity contribution in [3.63, 3.8) is 0 Å². The molecule has 0 saturated carbocycles. The topological polar surface area (TPSA) is 24.4 Å². The van der Waals surface area contributed by atoms with E-state index in [0.717, 1.165) is 11.1 Å². The van der Waals surface area contributed by atoms with Crippen LogP contribution in [0.3, 0.4) is 0 Å². The fourth-order valence-corrected chi connectivity index (χ4v) is 3.35. The normalized spacial score (nSPS) is 19.1. The van der Waals surface area contributed by atoms with Gasteiger partial charge >= 0.3 is 0 Å². The summed E-state index contributed by atoms with van der Waals surface area (Å²) in [4.78, 5) is 4.77. The van der Waals surface area contributed by atoms with Crippen LogP contribution in [0.2, 0.25) is 0 Å². The standard InChI is InChI=1S/C22H18F2N2/c23-18-12-7-13-19(24)17(18)14-20-25-21(15-8-3-1-4-9-15)22(26-20)16-10-5-2-6-11-16/h1-13,21-22H,14H2,(H,25,26)/t21-,22+. The molecule has 0 amide bonds. The van der Waals surface area contributed by atoms with E-state index in [0.29, 0.717) is 5.84 Å². The van der Waals surface area contributed by atoms with Gasteiger partial charge in [0, 0.05) is 12.0 Å². The van der Waals surface area contributed by atoms with Crippen molar-refractivity contribution in [2.24, 2.45) is 4.99 Å². The summed E-state index contributed by atoms with van der Waals surface area (Å²) in [7, 11) is 0. The van der Waals surface area contributed by atoms with Crippen molar-refractivity contribution in [3.05, 3.63) is 107 Å². The minimum Gasteiger partial charge on any atom is -0.364 e. The van der Waals surface area contributed by atoms with Crippen LogP contribution in [0.15, 0.2) is 83.9 Å². The third-order valence-corrected chi connectivity index (χ3v) is 4.64. The molecule has 4 heteroatoms. The van der Waals surface area contributed by atoms with Gasteiger partial charge in [-0.15, -0.1) is 0 Å². The Morgan fingerprint density at radius 2 is 1.31 bits per heavy atom. The maximum atomic E-state index is 14.0. The van der Waals surface area contributed by atoms with Crippen molar-refractivity contribution in [1.82, 2.24) is 5.32 Å². The van der Waals surface area contributed by atoms with Crippen molar-refractivity contribution in [2.75, 3.05) is 0 Å². The van der Waals surface area contributed by atoms with E-state index in [1.165, 1.54) is 18.2 Å². The zero-order valence-corrected chi connectivity index (χ0v) is 14.1. The predicted octanol–water partition coefficient (Wildman–Crippen LogP) is 4.99. The summed E-state index contributed by atoms with van der Waals surface area (Å²) in [5.74, 6) is -0.500. The third-order valence-electron chi connectivity index (χ3n) is 4.64. The number of benzene rings is 3. The molecule has 0 aliphatic carbocycles. The van der Waals surface area contributed by atoms with Crippen LogP contribution >= 0.6 is 0 Å². The molecule has 2 atom stereocenters. The molecule has 3 aromatic carbocycles. The molecular formula is C22H18F2N2. The Bertz CT molecular complexity index is 903. The lowest BCUT2D eigenvalue weighted by molar-refractivity contribution is 0.560. The van der Waals surface area contributed by atoms with Gasteiger partial charge in [-0.2, -0.15) is 0 Å². The van der Waals surface area contributed by atoms with Crippen molar-refractivity contribution in [1.29, 1.82) is 0 Å². The van der Waals surface area contributed by atoms with Crippen LogP contribution in [0.4, 0.5) is 8.78 Å². The Hall–Kier alpha value is -3.01. The molecule has 2 nitrogen and oxygen atoms in total. The quantitative estimate of drug-likeness (QED) is 0.706. The number of hydrogen-bond acceptors (Lipinski definition) is 2. The number of amidine groups is 1. The molecule has 130 valence electrons. The van der Waals surface area contributed by atoms with Gasteiger partial charge in [0.1, 0.15) is 23.5 Å². The van der Waals surface area contributed by atoms with Gasteiger partial charge in [0.05, 0.1) is 6.04 Å². The second-order valence-corrected chi connectivity index (χ2v) is 6.34. The zero-order chi connectivity index (χ0) is 17.9. The largest absolute Gasteiger partial charge is 0.364 e. The van der Waals surface area contributed by atoms with Crippen molar-refractivity contribution < 1.29 is 8.78 Å². The molecule has 4 rings (SSSR count). The van der Waals surface area contributed by atoms with E-state index < -0.39 is 11.6 Å². The van der Waals surface area contributed by atoms with E-state index in [9.17, 15) is 8.78 Å². The molecule has 3 aromatic rings. The first-order valence-corrected chi connectivity index (χ1v) is 8.58. The minimum absolute atomic E-state index is 0.0410. The predicted molar refractivity (Wildman–Crippen MR) is 99.0 cm³/mol. The number of hydrogen-bond donors (Lipinski definition) is 1. The summed E-state index contributed by atoms with van der Waals surface area (Å²) < 4.78 is 28.0. The molecule has 0 unspecified atom stereocenters. The molecule has 1 heterocycles. The van der Waals surface area contributed by atoms with Crippen LogP contribution in [-0.2, 0) is 6.42 Å². The Labute approximate surface area is 151 Å². The first-order chi connectivity index (χ1) is 12.7. The molecule has 0 bridgehead atoms. The monoisotopic (exact) mass is 348 g/mol. The van der Waals surface area contributed by atoms with Crippen molar-refractivity contribution >= 4 is 5.84 Å². The first-order valence-electron chi connectivity index (χ1n) is 8.58. The fraction of sp³-hybridized carbons (Fsp3) is 0.136. The summed E-state index contributed by atoms with van der Waals surface area (Å²) in [5, 5.41) is 3.38. The maximum Gasteiger partial charge on any atom is 0.129 e. The van der Waals surface area contributed by atoms with E-state index >= 15 is 0 Å². The molecule has 1 aliphatic heterocycles. The van der Waals surface area contributed by atoms with Crippen molar-refractivity contribution in [2.45, 2.75) is 18.5 Å². The van der Waals surface area contributed by atoms with Crippen LogP contribution in [0, 0.1) is 11.6 Å².